The van der Waals surface area contributed by atoms with Crippen LogP contribution in [0.25, 0.3) is 0 Å². The molecule has 0 saturated heterocycles. The summed E-state index contributed by atoms with van der Waals surface area (Å²) in [5.41, 5.74) is 1.16. The highest BCUT2D eigenvalue weighted by Crippen LogP contribution is 2.24. The van der Waals surface area contributed by atoms with Crippen LogP contribution < -0.4 is 10.2 Å². The lowest BCUT2D eigenvalue weighted by atomic mass is 10.2. The summed E-state index contributed by atoms with van der Waals surface area (Å²) in [5.74, 6) is 1.96. The predicted octanol–water partition coefficient (Wildman–Crippen LogP) is 2.79. The summed E-state index contributed by atoms with van der Waals surface area (Å²) >= 11 is 8.12. The van der Waals surface area contributed by atoms with E-state index < -0.39 is 0 Å². The zero-order valence-corrected chi connectivity index (χ0v) is 12.5. The Labute approximate surface area is 118 Å². The van der Waals surface area contributed by atoms with Gasteiger partial charge in [0.15, 0.2) is 0 Å². The fourth-order valence-corrected chi connectivity index (χ4v) is 2.52. The summed E-state index contributed by atoms with van der Waals surface area (Å²) < 4.78 is 0. The fraction of sp³-hybridized carbons (Fsp3) is 0.615. The highest BCUT2D eigenvalue weighted by Gasteiger charge is 2.20. The van der Waals surface area contributed by atoms with Crippen molar-refractivity contribution < 1.29 is 0 Å². The van der Waals surface area contributed by atoms with Gasteiger partial charge in [0.25, 0.3) is 0 Å². The first-order valence-corrected chi connectivity index (χ1v) is 8.05. The Morgan fingerprint density at radius 1 is 1.56 bits per heavy atom. The SMILES string of the molecule is CSCCN(C)c1ncc(CNC2CC2)cc1Cl. The van der Waals surface area contributed by atoms with Gasteiger partial charge in [0.05, 0.1) is 5.02 Å². The van der Waals surface area contributed by atoms with Gasteiger partial charge in [0, 0.05) is 38.1 Å². The van der Waals surface area contributed by atoms with Gasteiger partial charge in [0.1, 0.15) is 5.82 Å². The average molecular weight is 286 g/mol. The van der Waals surface area contributed by atoms with Gasteiger partial charge in [0.2, 0.25) is 0 Å². The van der Waals surface area contributed by atoms with E-state index in [9.17, 15) is 0 Å². The van der Waals surface area contributed by atoms with Crippen LogP contribution in [0.1, 0.15) is 18.4 Å². The first-order valence-electron chi connectivity index (χ1n) is 6.28. The van der Waals surface area contributed by atoms with Crippen molar-refractivity contribution >= 4 is 29.2 Å². The smallest absolute Gasteiger partial charge is 0.147 e. The Bertz CT molecular complexity index is 396. The van der Waals surface area contributed by atoms with Crippen molar-refractivity contribution in [2.75, 3.05) is 30.5 Å². The highest BCUT2D eigenvalue weighted by molar-refractivity contribution is 7.98. The van der Waals surface area contributed by atoms with E-state index in [-0.39, 0.29) is 0 Å². The standard InChI is InChI=1S/C13H20ClN3S/c1-17(5-6-18-2)13-12(14)7-10(9-16-13)8-15-11-3-4-11/h7,9,11,15H,3-6,8H2,1-2H3. The summed E-state index contributed by atoms with van der Waals surface area (Å²) in [7, 11) is 2.03. The molecule has 3 nitrogen and oxygen atoms in total. The van der Waals surface area contributed by atoms with Gasteiger partial charge < -0.3 is 10.2 Å². The Balaban J connectivity index is 1.94. The summed E-state index contributed by atoms with van der Waals surface area (Å²) in [6.45, 7) is 1.83. The molecule has 1 aromatic rings. The zero-order chi connectivity index (χ0) is 13.0. The highest BCUT2D eigenvalue weighted by atomic mass is 35.5. The minimum atomic E-state index is 0.715. The van der Waals surface area contributed by atoms with Gasteiger partial charge in [-0.2, -0.15) is 11.8 Å². The Hall–Kier alpha value is -0.450. The Kier molecular flexibility index (Phi) is 5.15. The van der Waals surface area contributed by atoms with Gasteiger partial charge >= 0.3 is 0 Å². The number of thioether (sulfide) groups is 1. The van der Waals surface area contributed by atoms with Crippen LogP contribution in [0.4, 0.5) is 5.82 Å². The van der Waals surface area contributed by atoms with Gasteiger partial charge in [-0.25, -0.2) is 4.98 Å². The van der Waals surface area contributed by atoms with E-state index in [2.05, 4.69) is 21.5 Å². The van der Waals surface area contributed by atoms with Crippen molar-refractivity contribution in [2.24, 2.45) is 0 Å². The fourth-order valence-electron chi connectivity index (χ4n) is 1.73. The molecule has 1 saturated carbocycles. The number of anilines is 1. The number of rotatable bonds is 7. The lowest BCUT2D eigenvalue weighted by molar-refractivity contribution is 0.686. The maximum absolute atomic E-state index is 6.30. The number of hydrogen-bond donors (Lipinski definition) is 1. The number of pyridine rings is 1. The molecule has 2 rings (SSSR count). The third kappa shape index (κ3) is 4.04. The topological polar surface area (TPSA) is 28.2 Å². The molecule has 1 aromatic heterocycles. The molecule has 1 N–H and O–H groups in total. The van der Waals surface area contributed by atoms with Gasteiger partial charge in [-0.3, -0.25) is 0 Å². The second-order valence-corrected chi connectivity index (χ2v) is 6.11. The molecule has 0 amide bonds. The molecule has 0 atom stereocenters. The maximum atomic E-state index is 6.30. The molecule has 18 heavy (non-hydrogen) atoms. The Morgan fingerprint density at radius 3 is 2.94 bits per heavy atom. The predicted molar refractivity (Wildman–Crippen MR) is 80.8 cm³/mol. The van der Waals surface area contributed by atoms with Crippen molar-refractivity contribution in [3.63, 3.8) is 0 Å². The summed E-state index contributed by atoms with van der Waals surface area (Å²) in [4.78, 5) is 6.58. The minimum absolute atomic E-state index is 0.715. The van der Waals surface area contributed by atoms with E-state index >= 15 is 0 Å². The monoisotopic (exact) mass is 285 g/mol. The number of nitrogens with one attached hydrogen (secondary N) is 1. The van der Waals surface area contributed by atoms with E-state index in [1.54, 1.807) is 0 Å². The van der Waals surface area contributed by atoms with Crippen LogP contribution >= 0.6 is 23.4 Å². The molecule has 0 unspecified atom stereocenters. The largest absolute Gasteiger partial charge is 0.358 e. The van der Waals surface area contributed by atoms with Crippen molar-refractivity contribution in [1.29, 1.82) is 0 Å². The third-order valence-electron chi connectivity index (χ3n) is 3.04. The lowest BCUT2D eigenvalue weighted by Crippen LogP contribution is -2.22. The van der Waals surface area contributed by atoms with E-state index in [0.717, 1.165) is 35.2 Å². The van der Waals surface area contributed by atoms with Crippen LogP contribution in [0.5, 0.6) is 0 Å². The van der Waals surface area contributed by atoms with E-state index in [1.165, 1.54) is 12.8 Å². The minimum Gasteiger partial charge on any atom is -0.358 e. The van der Waals surface area contributed by atoms with Gasteiger partial charge in [-0.15, -0.1) is 0 Å². The molecule has 0 aliphatic heterocycles. The van der Waals surface area contributed by atoms with Crippen molar-refractivity contribution in [3.05, 3.63) is 22.8 Å². The summed E-state index contributed by atoms with van der Waals surface area (Å²) in [6, 6.07) is 2.74. The van der Waals surface area contributed by atoms with Gasteiger partial charge in [-0.1, -0.05) is 11.6 Å². The van der Waals surface area contributed by atoms with Crippen molar-refractivity contribution in [1.82, 2.24) is 10.3 Å². The normalized spacial score (nSPS) is 14.8. The second-order valence-electron chi connectivity index (χ2n) is 4.72. The number of aromatic nitrogens is 1. The molecular formula is C13H20ClN3S. The molecule has 5 heteroatoms. The number of hydrogen-bond acceptors (Lipinski definition) is 4. The quantitative estimate of drug-likeness (QED) is 0.834. The zero-order valence-electron chi connectivity index (χ0n) is 10.9. The first-order chi connectivity index (χ1) is 8.70. The molecule has 1 heterocycles. The second kappa shape index (κ2) is 6.64. The third-order valence-corrected chi connectivity index (χ3v) is 3.91. The number of halogens is 1. The number of nitrogens with zero attached hydrogens (tertiary/aromatic N) is 2. The molecule has 1 fully saturated rings. The van der Waals surface area contributed by atoms with Crippen LogP contribution in [-0.2, 0) is 6.54 Å². The summed E-state index contributed by atoms with van der Waals surface area (Å²) in [6.07, 6.45) is 6.63. The molecule has 0 bridgehead atoms. The molecule has 100 valence electrons. The van der Waals surface area contributed by atoms with Crippen LogP contribution in [-0.4, -0.2) is 36.6 Å². The lowest BCUT2D eigenvalue weighted by Gasteiger charge is -2.19. The van der Waals surface area contributed by atoms with Crippen LogP contribution in [0.2, 0.25) is 5.02 Å². The summed E-state index contributed by atoms with van der Waals surface area (Å²) in [5, 5.41) is 4.21. The van der Waals surface area contributed by atoms with Crippen LogP contribution in [0.3, 0.4) is 0 Å². The molecule has 1 aliphatic carbocycles. The molecule has 0 radical (unpaired) electrons. The molecule has 1 aliphatic rings. The van der Waals surface area contributed by atoms with Crippen LogP contribution in [0.15, 0.2) is 12.3 Å². The Morgan fingerprint density at radius 2 is 2.33 bits per heavy atom. The van der Waals surface area contributed by atoms with E-state index in [4.69, 9.17) is 11.6 Å². The van der Waals surface area contributed by atoms with E-state index in [1.807, 2.05) is 31.1 Å². The van der Waals surface area contributed by atoms with E-state index in [0.29, 0.717) is 6.04 Å². The first kappa shape index (κ1) is 14.0. The average Bonchev–Trinajstić information content (AvgIpc) is 3.17. The molecule has 0 aromatic carbocycles. The van der Waals surface area contributed by atoms with Crippen LogP contribution in [0, 0.1) is 0 Å². The molecular weight excluding hydrogens is 266 g/mol. The molecule has 0 spiro atoms. The van der Waals surface area contributed by atoms with Gasteiger partial charge in [-0.05, 0) is 30.7 Å². The van der Waals surface area contributed by atoms with Crippen molar-refractivity contribution in [3.8, 4) is 0 Å². The van der Waals surface area contributed by atoms with Crippen molar-refractivity contribution in [2.45, 2.75) is 25.4 Å². The maximum Gasteiger partial charge on any atom is 0.147 e.